The van der Waals surface area contributed by atoms with Gasteiger partial charge in [-0.2, -0.15) is 0 Å². The Labute approximate surface area is 221 Å². The molecule has 0 spiro atoms. The normalized spacial score (nSPS) is 14.6. The smallest absolute Gasteiger partial charge is 0.293 e. The van der Waals surface area contributed by atoms with Gasteiger partial charge in [0, 0.05) is 12.4 Å². The Bertz CT molecular complexity index is 1480. The molecule has 3 aromatic carbocycles. The molecule has 180 valence electrons. The highest BCUT2D eigenvalue weighted by Gasteiger charge is 2.35. The Morgan fingerprint density at radius 1 is 1.03 bits per heavy atom. The Balaban J connectivity index is 1.37. The van der Waals surface area contributed by atoms with Crippen LogP contribution in [0, 0.1) is 0 Å². The fraction of sp³-hybridized carbons (Fsp3) is 0.107. The molecule has 1 aliphatic rings. The number of ether oxygens (including phenoxy) is 2. The van der Waals surface area contributed by atoms with Gasteiger partial charge in [-0.25, -0.2) is 0 Å². The summed E-state index contributed by atoms with van der Waals surface area (Å²) >= 11 is 4.49. The van der Waals surface area contributed by atoms with Crippen LogP contribution in [-0.2, 0) is 17.9 Å². The van der Waals surface area contributed by atoms with Gasteiger partial charge >= 0.3 is 0 Å². The third-order valence-corrected chi connectivity index (χ3v) is 7.26. The predicted molar refractivity (Wildman–Crippen MR) is 145 cm³/mol. The van der Waals surface area contributed by atoms with Crippen LogP contribution in [0.25, 0.3) is 16.8 Å². The Morgan fingerprint density at radius 3 is 2.61 bits per heavy atom. The molecule has 36 heavy (non-hydrogen) atoms. The van der Waals surface area contributed by atoms with Gasteiger partial charge in [-0.1, -0.05) is 42.5 Å². The number of carbonyl (C=O) groups excluding carboxylic acids is 2. The number of aromatic nitrogens is 1. The monoisotopic (exact) mass is 560 g/mol. The highest BCUT2D eigenvalue weighted by atomic mass is 79.9. The summed E-state index contributed by atoms with van der Waals surface area (Å²) < 4.78 is 12.2. The Hall–Kier alpha value is -3.62. The lowest BCUT2D eigenvalue weighted by Gasteiger charge is -2.15. The molecule has 6 nitrogen and oxygen atoms in total. The van der Waals surface area contributed by atoms with E-state index in [4.69, 9.17) is 9.47 Å². The second-order valence-corrected chi connectivity index (χ2v) is 9.93. The first-order valence-corrected chi connectivity index (χ1v) is 12.8. The van der Waals surface area contributed by atoms with Crippen LogP contribution in [0.4, 0.5) is 4.79 Å². The highest BCUT2D eigenvalue weighted by Crippen LogP contribution is 2.40. The Morgan fingerprint density at radius 2 is 1.81 bits per heavy atom. The molecule has 0 N–H and O–H groups in total. The molecule has 5 rings (SSSR count). The minimum Gasteiger partial charge on any atom is -0.493 e. The number of rotatable bonds is 7. The van der Waals surface area contributed by atoms with E-state index in [0.717, 1.165) is 33.7 Å². The number of thioether (sulfide) groups is 1. The van der Waals surface area contributed by atoms with Crippen LogP contribution < -0.4 is 9.47 Å². The largest absolute Gasteiger partial charge is 0.493 e. The standard InChI is InChI=1S/C28H21BrN2O4S/c1-34-24-14-19(13-23(29)26(24)35-17-18-9-11-30-12-10-18)15-25-27(32)31(28(33)36-25)16-21-7-4-6-20-5-2-3-8-22(20)21/h2-15H,16-17H2,1H3/b25-15-. The summed E-state index contributed by atoms with van der Waals surface area (Å²) in [6.45, 7) is 0.571. The van der Waals surface area contributed by atoms with E-state index in [1.807, 2.05) is 60.7 Å². The van der Waals surface area contributed by atoms with Gasteiger partial charge in [0.25, 0.3) is 11.1 Å². The van der Waals surface area contributed by atoms with Gasteiger partial charge in [-0.3, -0.25) is 19.5 Å². The topological polar surface area (TPSA) is 68.7 Å². The van der Waals surface area contributed by atoms with E-state index >= 15 is 0 Å². The zero-order chi connectivity index (χ0) is 25.1. The molecule has 2 heterocycles. The lowest BCUT2D eigenvalue weighted by molar-refractivity contribution is -0.123. The number of hydrogen-bond donors (Lipinski definition) is 0. The molecule has 0 aliphatic carbocycles. The van der Waals surface area contributed by atoms with Crippen molar-refractivity contribution in [3.8, 4) is 11.5 Å². The maximum atomic E-state index is 13.2. The van der Waals surface area contributed by atoms with E-state index in [1.54, 1.807) is 31.6 Å². The first-order chi connectivity index (χ1) is 17.5. The summed E-state index contributed by atoms with van der Waals surface area (Å²) in [5.74, 6) is 0.751. The number of pyridine rings is 1. The third kappa shape index (κ3) is 5.01. The van der Waals surface area contributed by atoms with Gasteiger partial charge in [0.1, 0.15) is 6.61 Å². The number of carbonyl (C=O) groups is 2. The van der Waals surface area contributed by atoms with E-state index < -0.39 is 0 Å². The van der Waals surface area contributed by atoms with Gasteiger partial charge in [0.15, 0.2) is 11.5 Å². The molecule has 0 unspecified atom stereocenters. The van der Waals surface area contributed by atoms with Crippen LogP contribution in [-0.4, -0.2) is 28.1 Å². The molecule has 1 saturated heterocycles. The molecule has 0 bridgehead atoms. The molecule has 0 saturated carbocycles. The van der Waals surface area contributed by atoms with Crippen molar-refractivity contribution in [2.75, 3.05) is 7.11 Å². The molecule has 8 heteroatoms. The van der Waals surface area contributed by atoms with Crippen molar-refractivity contribution < 1.29 is 19.1 Å². The number of methoxy groups -OCH3 is 1. The molecule has 1 aliphatic heterocycles. The average molecular weight is 561 g/mol. The summed E-state index contributed by atoms with van der Waals surface area (Å²) in [6, 6.07) is 21.2. The minimum atomic E-state index is -0.314. The fourth-order valence-electron chi connectivity index (χ4n) is 3.99. The average Bonchev–Trinajstić information content (AvgIpc) is 3.15. The van der Waals surface area contributed by atoms with Crippen LogP contribution in [0.1, 0.15) is 16.7 Å². The van der Waals surface area contributed by atoms with Crippen molar-refractivity contribution in [3.63, 3.8) is 0 Å². The van der Waals surface area contributed by atoms with Crippen LogP contribution in [0.2, 0.25) is 0 Å². The Kier molecular flexibility index (Phi) is 7.06. The fourth-order valence-corrected chi connectivity index (χ4v) is 5.40. The van der Waals surface area contributed by atoms with Crippen molar-refractivity contribution in [1.82, 2.24) is 9.88 Å². The van der Waals surface area contributed by atoms with Crippen LogP contribution in [0.15, 0.2) is 88.5 Å². The number of hydrogen-bond acceptors (Lipinski definition) is 6. The lowest BCUT2D eigenvalue weighted by atomic mass is 10.0. The highest BCUT2D eigenvalue weighted by molar-refractivity contribution is 9.10. The molecular formula is C28H21BrN2O4S. The number of fused-ring (bicyclic) bond motifs is 1. The van der Waals surface area contributed by atoms with E-state index in [9.17, 15) is 9.59 Å². The molecule has 1 fully saturated rings. The van der Waals surface area contributed by atoms with Crippen LogP contribution in [0.3, 0.4) is 0 Å². The van der Waals surface area contributed by atoms with Crippen molar-refractivity contribution >= 4 is 55.7 Å². The summed E-state index contributed by atoms with van der Waals surface area (Å²) in [7, 11) is 1.56. The summed E-state index contributed by atoms with van der Waals surface area (Å²) in [4.78, 5) is 31.6. The summed E-state index contributed by atoms with van der Waals surface area (Å²) in [5.41, 5.74) is 2.62. The van der Waals surface area contributed by atoms with Crippen molar-refractivity contribution in [2.45, 2.75) is 13.2 Å². The first-order valence-electron chi connectivity index (χ1n) is 11.1. The SMILES string of the molecule is COc1cc(/C=C2\SC(=O)N(Cc3cccc4ccccc34)C2=O)cc(Br)c1OCc1ccncc1. The zero-order valence-electron chi connectivity index (χ0n) is 19.3. The maximum Gasteiger partial charge on any atom is 0.293 e. The number of imide groups is 1. The number of benzene rings is 3. The van der Waals surface area contributed by atoms with E-state index in [-0.39, 0.29) is 17.7 Å². The van der Waals surface area contributed by atoms with Gasteiger partial charge < -0.3 is 9.47 Å². The first kappa shape index (κ1) is 24.1. The molecule has 1 aromatic heterocycles. The van der Waals surface area contributed by atoms with Crippen molar-refractivity contribution in [3.05, 3.63) is 105 Å². The third-order valence-electron chi connectivity index (χ3n) is 5.76. The van der Waals surface area contributed by atoms with Crippen LogP contribution in [0.5, 0.6) is 11.5 Å². The van der Waals surface area contributed by atoms with Crippen LogP contribution >= 0.6 is 27.7 Å². The van der Waals surface area contributed by atoms with Gasteiger partial charge in [-0.05, 0) is 85.5 Å². The lowest BCUT2D eigenvalue weighted by Crippen LogP contribution is -2.27. The van der Waals surface area contributed by atoms with Crippen molar-refractivity contribution in [1.29, 1.82) is 0 Å². The van der Waals surface area contributed by atoms with E-state index in [1.165, 1.54) is 4.90 Å². The second kappa shape index (κ2) is 10.6. The van der Waals surface area contributed by atoms with Gasteiger partial charge in [0.2, 0.25) is 0 Å². The number of amides is 2. The number of nitrogens with zero attached hydrogens (tertiary/aromatic N) is 2. The molecule has 2 amide bonds. The van der Waals surface area contributed by atoms with Gasteiger partial charge in [0.05, 0.1) is 23.0 Å². The second-order valence-electron chi connectivity index (χ2n) is 8.08. The van der Waals surface area contributed by atoms with E-state index in [2.05, 4.69) is 20.9 Å². The van der Waals surface area contributed by atoms with Gasteiger partial charge in [-0.15, -0.1) is 0 Å². The molecular weight excluding hydrogens is 540 g/mol. The minimum absolute atomic E-state index is 0.220. The molecule has 0 atom stereocenters. The predicted octanol–water partition coefficient (Wildman–Crippen LogP) is 6.82. The van der Waals surface area contributed by atoms with Crippen molar-refractivity contribution in [2.24, 2.45) is 0 Å². The molecule has 4 aromatic rings. The number of halogens is 1. The zero-order valence-corrected chi connectivity index (χ0v) is 21.7. The van der Waals surface area contributed by atoms with E-state index in [0.29, 0.717) is 33.0 Å². The quantitative estimate of drug-likeness (QED) is 0.231. The maximum absolute atomic E-state index is 13.2. The summed E-state index contributed by atoms with van der Waals surface area (Å²) in [6.07, 6.45) is 5.12. The molecule has 0 radical (unpaired) electrons. The summed E-state index contributed by atoms with van der Waals surface area (Å²) in [5, 5.41) is 1.81.